The molecule has 0 rings (SSSR count). The Balaban J connectivity index is 3.84. The molecule has 0 aliphatic heterocycles. The molecule has 0 saturated carbocycles. The Morgan fingerprint density at radius 3 is 2.60 bits per heavy atom. The highest BCUT2D eigenvalue weighted by atomic mass is 16.7. The Labute approximate surface area is 116 Å². The third-order valence-electron chi connectivity index (χ3n) is 2.47. The minimum absolute atomic E-state index is 0.251. The molecule has 116 valence electrons. The summed E-state index contributed by atoms with van der Waals surface area (Å²) >= 11 is 0. The van der Waals surface area contributed by atoms with Gasteiger partial charge in [0.25, 0.3) is 0 Å². The maximum absolute atomic E-state index is 10.6. The number of nitrogens with two attached hydrogens (primary N) is 1. The number of hydrogen-bond acceptors (Lipinski definition) is 7. The van der Waals surface area contributed by atoms with Crippen LogP contribution in [0.1, 0.15) is 26.2 Å². The third kappa shape index (κ3) is 8.27. The van der Waals surface area contributed by atoms with Crippen molar-refractivity contribution in [3.05, 3.63) is 0 Å². The predicted molar refractivity (Wildman–Crippen MR) is 69.4 cm³/mol. The van der Waals surface area contributed by atoms with E-state index in [2.05, 4.69) is 14.5 Å². The fourth-order valence-corrected chi connectivity index (χ4v) is 1.23. The van der Waals surface area contributed by atoms with E-state index in [4.69, 9.17) is 10.8 Å². The van der Waals surface area contributed by atoms with E-state index in [0.29, 0.717) is 19.3 Å². The maximum atomic E-state index is 10.6. The number of rotatable bonds is 8. The molecule has 4 N–H and O–H groups in total. The molecule has 0 bridgehead atoms. The van der Waals surface area contributed by atoms with Crippen molar-refractivity contribution in [2.75, 3.05) is 20.4 Å². The summed E-state index contributed by atoms with van der Waals surface area (Å²) in [6, 6.07) is -0.884. The van der Waals surface area contributed by atoms with E-state index >= 15 is 0 Å². The zero-order valence-electron chi connectivity index (χ0n) is 11.6. The first-order valence-corrected chi connectivity index (χ1v) is 6.05. The van der Waals surface area contributed by atoms with Crippen molar-refractivity contribution in [3.8, 4) is 0 Å². The molecule has 1 atom stereocenters. The second-order valence-corrected chi connectivity index (χ2v) is 4.00. The van der Waals surface area contributed by atoms with Crippen molar-refractivity contribution in [1.82, 2.24) is 5.06 Å². The van der Waals surface area contributed by atoms with Gasteiger partial charge in [-0.25, -0.2) is 14.9 Å². The van der Waals surface area contributed by atoms with Crippen LogP contribution in [0.15, 0.2) is 4.99 Å². The van der Waals surface area contributed by atoms with Crippen LogP contribution in [-0.4, -0.2) is 59.8 Å². The molecule has 0 radical (unpaired) electrons. The van der Waals surface area contributed by atoms with Gasteiger partial charge in [0.2, 0.25) is 0 Å². The minimum atomic E-state index is -1.04. The molecular formula is C11H21N3O6. The number of hydroxylamine groups is 2. The van der Waals surface area contributed by atoms with E-state index in [9.17, 15) is 14.8 Å². The van der Waals surface area contributed by atoms with E-state index in [-0.39, 0.29) is 19.1 Å². The molecule has 9 nitrogen and oxygen atoms in total. The average Bonchev–Trinajstić information content (AvgIpc) is 2.42. The summed E-state index contributed by atoms with van der Waals surface area (Å²) in [7, 11) is 1.18. The van der Waals surface area contributed by atoms with E-state index in [1.807, 2.05) is 0 Å². The first kappa shape index (κ1) is 18.1. The van der Waals surface area contributed by atoms with Crippen LogP contribution in [0.2, 0.25) is 0 Å². The van der Waals surface area contributed by atoms with E-state index < -0.39 is 18.2 Å². The van der Waals surface area contributed by atoms with Gasteiger partial charge in [-0.1, -0.05) is 0 Å². The van der Waals surface area contributed by atoms with Gasteiger partial charge in [-0.15, -0.1) is 0 Å². The number of carbonyl (C=O) groups excluding carboxylic acids is 1. The number of aliphatic carboxylic acids is 1. The molecule has 9 heteroatoms. The SMILES string of the molecule is COC(=O)OCN=C(C)N(O)CCCC[C@H](N)C(=O)O. The summed E-state index contributed by atoms with van der Waals surface area (Å²) in [5.74, 6) is -0.764. The second-order valence-electron chi connectivity index (χ2n) is 4.00. The molecule has 0 amide bonds. The van der Waals surface area contributed by atoms with Gasteiger partial charge in [0.05, 0.1) is 7.11 Å². The number of nitrogens with zero attached hydrogens (tertiary/aromatic N) is 2. The molecule has 0 fully saturated rings. The van der Waals surface area contributed by atoms with Gasteiger partial charge < -0.3 is 20.3 Å². The van der Waals surface area contributed by atoms with E-state index in [1.165, 1.54) is 7.11 Å². The lowest BCUT2D eigenvalue weighted by atomic mass is 10.1. The van der Waals surface area contributed by atoms with Gasteiger partial charge >= 0.3 is 12.1 Å². The topological polar surface area (TPSA) is 135 Å². The van der Waals surface area contributed by atoms with Gasteiger partial charge in [-0.3, -0.25) is 10.0 Å². The maximum Gasteiger partial charge on any atom is 0.509 e. The summed E-state index contributed by atoms with van der Waals surface area (Å²) in [6.45, 7) is 1.57. The van der Waals surface area contributed by atoms with Gasteiger partial charge in [-0.05, 0) is 26.2 Å². The summed E-state index contributed by atoms with van der Waals surface area (Å²) in [6.07, 6.45) is 0.609. The number of amidine groups is 1. The van der Waals surface area contributed by atoms with Crippen LogP contribution in [0.5, 0.6) is 0 Å². The number of carbonyl (C=O) groups is 2. The molecule has 0 spiro atoms. The standard InChI is InChI=1S/C11H21N3O6/c1-8(13-7-20-11(17)19-2)14(18)6-4-3-5-9(12)10(15)16/h9,18H,3-7,12H2,1-2H3,(H,15,16)/t9-/m0/s1. The lowest BCUT2D eigenvalue weighted by Gasteiger charge is -2.16. The Hall–Kier alpha value is -1.87. The molecule has 0 heterocycles. The molecule has 0 aliphatic carbocycles. The highest BCUT2D eigenvalue weighted by molar-refractivity contribution is 5.78. The molecule has 0 saturated heterocycles. The van der Waals surface area contributed by atoms with Crippen LogP contribution in [0.25, 0.3) is 0 Å². The number of aliphatic imine (C=N–C) groups is 1. The number of methoxy groups -OCH3 is 1. The fourth-order valence-electron chi connectivity index (χ4n) is 1.23. The monoisotopic (exact) mass is 291 g/mol. The Bertz CT molecular complexity index is 347. The normalized spacial score (nSPS) is 12.7. The second kappa shape index (κ2) is 9.98. The van der Waals surface area contributed by atoms with Gasteiger partial charge in [0, 0.05) is 6.54 Å². The number of unbranched alkanes of at least 4 members (excludes halogenated alkanes) is 1. The largest absolute Gasteiger partial charge is 0.509 e. The number of ether oxygens (including phenoxy) is 2. The lowest BCUT2D eigenvalue weighted by molar-refractivity contribution is -0.138. The van der Waals surface area contributed by atoms with Gasteiger partial charge in [0.1, 0.15) is 11.9 Å². The van der Waals surface area contributed by atoms with Crippen LogP contribution in [-0.2, 0) is 14.3 Å². The summed E-state index contributed by atoms with van der Waals surface area (Å²) < 4.78 is 8.77. The highest BCUT2D eigenvalue weighted by Gasteiger charge is 2.11. The Kier molecular flexibility index (Phi) is 9.05. The van der Waals surface area contributed by atoms with Crippen LogP contribution in [0, 0.1) is 0 Å². The zero-order chi connectivity index (χ0) is 15.5. The van der Waals surface area contributed by atoms with E-state index in [0.717, 1.165) is 5.06 Å². The van der Waals surface area contributed by atoms with E-state index in [1.54, 1.807) is 6.92 Å². The van der Waals surface area contributed by atoms with Crippen molar-refractivity contribution in [3.63, 3.8) is 0 Å². The number of hydrogen-bond donors (Lipinski definition) is 3. The zero-order valence-corrected chi connectivity index (χ0v) is 11.6. The smallest absolute Gasteiger partial charge is 0.480 e. The van der Waals surface area contributed by atoms with Gasteiger partial charge in [0.15, 0.2) is 6.73 Å². The minimum Gasteiger partial charge on any atom is -0.480 e. The summed E-state index contributed by atoms with van der Waals surface area (Å²) in [5, 5.41) is 19.1. The van der Waals surface area contributed by atoms with Crippen molar-refractivity contribution in [1.29, 1.82) is 0 Å². The molecule has 0 aromatic heterocycles. The Morgan fingerprint density at radius 2 is 2.05 bits per heavy atom. The Morgan fingerprint density at radius 1 is 1.40 bits per heavy atom. The first-order valence-electron chi connectivity index (χ1n) is 6.05. The molecule has 0 aromatic carbocycles. The van der Waals surface area contributed by atoms with Crippen molar-refractivity contribution < 1.29 is 29.4 Å². The average molecular weight is 291 g/mol. The summed E-state index contributed by atoms with van der Waals surface area (Å²) in [4.78, 5) is 24.9. The molecule has 0 aliphatic rings. The molecular weight excluding hydrogens is 270 g/mol. The first-order chi connectivity index (χ1) is 9.38. The van der Waals surface area contributed by atoms with Crippen LogP contribution in [0.3, 0.4) is 0 Å². The molecule has 20 heavy (non-hydrogen) atoms. The predicted octanol–water partition coefficient (Wildman–Crippen LogP) is 0.419. The van der Waals surface area contributed by atoms with Crippen molar-refractivity contribution in [2.45, 2.75) is 32.2 Å². The molecule has 0 unspecified atom stereocenters. The van der Waals surface area contributed by atoms with Crippen LogP contribution >= 0.6 is 0 Å². The number of carboxylic acid groups (broad SMARTS) is 1. The quantitative estimate of drug-likeness (QED) is 0.192. The summed E-state index contributed by atoms with van der Waals surface area (Å²) in [5.41, 5.74) is 5.34. The van der Waals surface area contributed by atoms with Crippen LogP contribution < -0.4 is 5.73 Å². The fraction of sp³-hybridized carbons (Fsp3) is 0.727. The van der Waals surface area contributed by atoms with Gasteiger partial charge in [-0.2, -0.15) is 0 Å². The van der Waals surface area contributed by atoms with Crippen molar-refractivity contribution in [2.24, 2.45) is 10.7 Å². The third-order valence-corrected chi connectivity index (χ3v) is 2.47. The van der Waals surface area contributed by atoms with Crippen molar-refractivity contribution >= 4 is 18.0 Å². The number of carboxylic acids is 1. The highest BCUT2D eigenvalue weighted by Crippen LogP contribution is 2.01. The molecule has 0 aromatic rings. The van der Waals surface area contributed by atoms with Crippen LogP contribution in [0.4, 0.5) is 4.79 Å². The lowest BCUT2D eigenvalue weighted by Crippen LogP contribution is -2.30.